The number of halogens is 2. The Morgan fingerprint density at radius 3 is 2.60 bits per heavy atom. The summed E-state index contributed by atoms with van der Waals surface area (Å²) in [5, 5.41) is 0. The van der Waals surface area contributed by atoms with Crippen LogP contribution in [0.3, 0.4) is 0 Å². The van der Waals surface area contributed by atoms with Gasteiger partial charge in [-0.05, 0) is 34.6 Å². The fraction of sp³-hybridized carbons (Fsp3) is 0.455. The second kappa shape index (κ2) is 5.01. The molecule has 1 aromatic carbocycles. The first kappa shape index (κ1) is 12.5. The second-order valence-electron chi connectivity index (χ2n) is 4.10. The minimum absolute atomic E-state index is 0.213. The van der Waals surface area contributed by atoms with Gasteiger partial charge in [-0.25, -0.2) is 4.39 Å². The third-order valence-corrected chi connectivity index (χ3v) is 2.95. The van der Waals surface area contributed by atoms with Gasteiger partial charge in [0.15, 0.2) is 0 Å². The molecule has 0 atom stereocenters. The molecule has 0 bridgehead atoms. The van der Waals surface area contributed by atoms with E-state index < -0.39 is 0 Å². The van der Waals surface area contributed by atoms with Crippen LogP contribution in [0, 0.1) is 15.3 Å². The highest BCUT2D eigenvalue weighted by Crippen LogP contribution is 2.27. The molecule has 0 amide bonds. The maximum Gasteiger partial charge on any atom is 0.138 e. The molecule has 2 nitrogen and oxygen atoms in total. The summed E-state index contributed by atoms with van der Waals surface area (Å²) >= 11 is 1.94. The summed E-state index contributed by atoms with van der Waals surface area (Å²) < 4.78 is 13.9. The van der Waals surface area contributed by atoms with E-state index in [1.807, 2.05) is 34.5 Å². The quantitative estimate of drug-likeness (QED) is 0.684. The smallest absolute Gasteiger partial charge is 0.138 e. The standard InChI is InChI=1S/C11H16FIN2/c1-7(2)6-15(3)11-4-8(12)9(13)5-10(11)14/h4-5,7H,6,14H2,1-3H3. The molecule has 0 saturated heterocycles. The van der Waals surface area contributed by atoms with E-state index in [0.29, 0.717) is 15.2 Å². The Bertz CT molecular complexity index is 353. The van der Waals surface area contributed by atoms with Gasteiger partial charge in [-0.15, -0.1) is 0 Å². The van der Waals surface area contributed by atoms with Gasteiger partial charge in [0.05, 0.1) is 14.9 Å². The summed E-state index contributed by atoms with van der Waals surface area (Å²) in [7, 11) is 1.93. The molecule has 0 fully saturated rings. The van der Waals surface area contributed by atoms with Crippen LogP contribution in [0.4, 0.5) is 15.8 Å². The van der Waals surface area contributed by atoms with Crippen molar-refractivity contribution in [2.24, 2.45) is 5.92 Å². The highest BCUT2D eigenvalue weighted by atomic mass is 127. The molecule has 0 aliphatic heterocycles. The van der Waals surface area contributed by atoms with E-state index in [1.54, 1.807) is 6.07 Å². The van der Waals surface area contributed by atoms with Gasteiger partial charge in [0.2, 0.25) is 0 Å². The number of nitrogen functional groups attached to an aromatic ring is 1. The zero-order chi connectivity index (χ0) is 11.6. The van der Waals surface area contributed by atoms with E-state index in [2.05, 4.69) is 13.8 Å². The van der Waals surface area contributed by atoms with Crippen molar-refractivity contribution >= 4 is 34.0 Å². The molecule has 4 heteroatoms. The predicted octanol–water partition coefficient (Wildman–Crippen LogP) is 3.10. The zero-order valence-electron chi connectivity index (χ0n) is 9.22. The normalized spacial score (nSPS) is 10.8. The van der Waals surface area contributed by atoms with Crippen LogP contribution in [0.5, 0.6) is 0 Å². The lowest BCUT2D eigenvalue weighted by Crippen LogP contribution is -2.23. The van der Waals surface area contributed by atoms with Gasteiger partial charge < -0.3 is 10.6 Å². The molecule has 2 N–H and O–H groups in total. The zero-order valence-corrected chi connectivity index (χ0v) is 11.4. The largest absolute Gasteiger partial charge is 0.397 e. The number of hydrogen-bond acceptors (Lipinski definition) is 2. The average Bonchev–Trinajstić information content (AvgIpc) is 2.09. The van der Waals surface area contributed by atoms with Crippen LogP contribution in [0.25, 0.3) is 0 Å². The van der Waals surface area contributed by atoms with Crippen LogP contribution in [-0.2, 0) is 0 Å². The Hall–Kier alpha value is -0.520. The van der Waals surface area contributed by atoms with Gasteiger partial charge in [0, 0.05) is 19.7 Å². The Morgan fingerprint density at radius 2 is 2.07 bits per heavy atom. The molecule has 0 saturated carbocycles. The highest BCUT2D eigenvalue weighted by molar-refractivity contribution is 14.1. The predicted molar refractivity (Wildman–Crippen MR) is 71.6 cm³/mol. The molecule has 0 unspecified atom stereocenters. The van der Waals surface area contributed by atoms with Crippen molar-refractivity contribution in [2.75, 3.05) is 24.2 Å². The topological polar surface area (TPSA) is 29.3 Å². The number of hydrogen-bond donors (Lipinski definition) is 1. The molecule has 84 valence electrons. The van der Waals surface area contributed by atoms with E-state index in [-0.39, 0.29) is 5.82 Å². The molecule has 0 spiro atoms. The monoisotopic (exact) mass is 322 g/mol. The van der Waals surface area contributed by atoms with E-state index in [4.69, 9.17) is 5.73 Å². The molecule has 0 aliphatic rings. The number of rotatable bonds is 3. The lowest BCUT2D eigenvalue weighted by molar-refractivity contribution is 0.614. The molecular formula is C11H16FIN2. The fourth-order valence-corrected chi connectivity index (χ4v) is 2.02. The van der Waals surface area contributed by atoms with E-state index >= 15 is 0 Å². The highest BCUT2D eigenvalue weighted by Gasteiger charge is 2.10. The van der Waals surface area contributed by atoms with Gasteiger partial charge in [-0.3, -0.25) is 0 Å². The van der Waals surface area contributed by atoms with Crippen molar-refractivity contribution in [3.05, 3.63) is 21.5 Å². The molecule has 0 aliphatic carbocycles. The van der Waals surface area contributed by atoms with Crippen LogP contribution in [0.2, 0.25) is 0 Å². The molecule has 1 rings (SSSR count). The van der Waals surface area contributed by atoms with Crippen molar-refractivity contribution in [3.8, 4) is 0 Å². The molecule has 0 heterocycles. The van der Waals surface area contributed by atoms with Crippen molar-refractivity contribution in [2.45, 2.75) is 13.8 Å². The summed E-state index contributed by atoms with van der Waals surface area (Å²) in [5.41, 5.74) is 7.25. The Labute approximate surface area is 104 Å². The van der Waals surface area contributed by atoms with Crippen molar-refractivity contribution in [1.82, 2.24) is 0 Å². The van der Waals surface area contributed by atoms with Gasteiger partial charge in [-0.1, -0.05) is 13.8 Å². The second-order valence-corrected chi connectivity index (χ2v) is 5.26. The molecular weight excluding hydrogens is 306 g/mol. The first-order valence-corrected chi connectivity index (χ1v) is 5.95. The van der Waals surface area contributed by atoms with Crippen LogP contribution >= 0.6 is 22.6 Å². The molecule has 0 aromatic heterocycles. The first-order chi connectivity index (χ1) is 6.91. The summed E-state index contributed by atoms with van der Waals surface area (Å²) in [6.45, 7) is 5.11. The van der Waals surface area contributed by atoms with Gasteiger partial charge in [-0.2, -0.15) is 0 Å². The number of benzene rings is 1. The molecule has 0 radical (unpaired) electrons. The Morgan fingerprint density at radius 1 is 1.47 bits per heavy atom. The van der Waals surface area contributed by atoms with Crippen LogP contribution in [-0.4, -0.2) is 13.6 Å². The first-order valence-electron chi connectivity index (χ1n) is 4.87. The van der Waals surface area contributed by atoms with Crippen molar-refractivity contribution in [3.63, 3.8) is 0 Å². The lowest BCUT2D eigenvalue weighted by Gasteiger charge is -2.23. The van der Waals surface area contributed by atoms with Crippen LogP contribution in [0.15, 0.2) is 12.1 Å². The van der Waals surface area contributed by atoms with Gasteiger partial charge >= 0.3 is 0 Å². The fourth-order valence-electron chi connectivity index (χ4n) is 1.53. The van der Waals surface area contributed by atoms with E-state index in [9.17, 15) is 4.39 Å². The molecule has 1 aromatic rings. The van der Waals surface area contributed by atoms with E-state index in [0.717, 1.165) is 12.2 Å². The maximum absolute atomic E-state index is 13.4. The lowest BCUT2D eigenvalue weighted by atomic mass is 10.2. The SMILES string of the molecule is CC(C)CN(C)c1cc(F)c(I)cc1N. The Balaban J connectivity index is 2.98. The third kappa shape index (κ3) is 3.22. The van der Waals surface area contributed by atoms with Crippen molar-refractivity contribution < 1.29 is 4.39 Å². The summed E-state index contributed by atoms with van der Waals surface area (Å²) in [4.78, 5) is 1.99. The summed E-state index contributed by atoms with van der Waals surface area (Å²) in [6, 6.07) is 3.17. The average molecular weight is 322 g/mol. The molecule has 15 heavy (non-hydrogen) atoms. The number of nitrogens with two attached hydrogens (primary N) is 1. The minimum Gasteiger partial charge on any atom is -0.397 e. The minimum atomic E-state index is -0.213. The Kier molecular flexibility index (Phi) is 4.19. The van der Waals surface area contributed by atoms with Crippen LogP contribution < -0.4 is 10.6 Å². The van der Waals surface area contributed by atoms with E-state index in [1.165, 1.54) is 6.07 Å². The van der Waals surface area contributed by atoms with Crippen LogP contribution in [0.1, 0.15) is 13.8 Å². The van der Waals surface area contributed by atoms with Crippen molar-refractivity contribution in [1.29, 1.82) is 0 Å². The number of anilines is 2. The maximum atomic E-state index is 13.4. The summed E-state index contributed by atoms with van der Waals surface area (Å²) in [6.07, 6.45) is 0. The third-order valence-electron chi connectivity index (χ3n) is 2.12. The van der Waals surface area contributed by atoms with Gasteiger partial charge in [0.1, 0.15) is 5.82 Å². The van der Waals surface area contributed by atoms with Gasteiger partial charge in [0.25, 0.3) is 0 Å². The number of nitrogens with zero attached hydrogens (tertiary/aromatic N) is 1. The summed E-state index contributed by atoms with van der Waals surface area (Å²) in [5.74, 6) is 0.312.